The lowest BCUT2D eigenvalue weighted by Crippen LogP contribution is -2.49. The molecule has 0 spiro atoms. The normalized spacial score (nSPS) is 14.6. The molecule has 1 N–H and O–H groups in total. The Labute approximate surface area is 231 Å². The van der Waals surface area contributed by atoms with E-state index in [9.17, 15) is 18.0 Å². The number of carbonyl (C=O) groups excluding carboxylic acids is 2. The fourth-order valence-corrected chi connectivity index (χ4v) is 5.91. The zero-order chi connectivity index (χ0) is 27.7. The molecule has 0 heterocycles. The van der Waals surface area contributed by atoms with Crippen molar-refractivity contribution in [3.63, 3.8) is 0 Å². The van der Waals surface area contributed by atoms with Crippen molar-refractivity contribution < 1.29 is 22.7 Å². The number of anilines is 1. The number of para-hydroxylation sites is 2. The van der Waals surface area contributed by atoms with Gasteiger partial charge in [0, 0.05) is 30.6 Å². The molecule has 0 bridgehead atoms. The Balaban J connectivity index is 1.74. The van der Waals surface area contributed by atoms with Crippen molar-refractivity contribution in [3.05, 3.63) is 59.1 Å². The summed E-state index contributed by atoms with van der Waals surface area (Å²) in [7, 11) is -3.62. The van der Waals surface area contributed by atoms with Crippen molar-refractivity contribution in [3.8, 4) is 5.75 Å². The quantitative estimate of drug-likeness (QED) is 0.379. The Morgan fingerprint density at radius 3 is 2.50 bits per heavy atom. The molecule has 0 aromatic heterocycles. The smallest absolute Gasteiger partial charge is 0.242 e. The number of rotatable bonds is 13. The van der Waals surface area contributed by atoms with Crippen LogP contribution in [0.25, 0.3) is 0 Å². The van der Waals surface area contributed by atoms with Gasteiger partial charge < -0.3 is 15.0 Å². The molecule has 2 aromatic carbocycles. The summed E-state index contributed by atoms with van der Waals surface area (Å²) in [6, 6.07) is 13.6. The number of amides is 2. The fraction of sp³-hybridized carbons (Fsp3) is 0.500. The largest absolute Gasteiger partial charge is 0.492 e. The van der Waals surface area contributed by atoms with Gasteiger partial charge in [0.2, 0.25) is 21.8 Å². The van der Waals surface area contributed by atoms with E-state index in [4.69, 9.17) is 16.3 Å². The first-order chi connectivity index (χ1) is 18.1. The molecule has 0 aliphatic heterocycles. The minimum atomic E-state index is -3.62. The van der Waals surface area contributed by atoms with E-state index >= 15 is 0 Å². The predicted molar refractivity (Wildman–Crippen MR) is 151 cm³/mol. The molecule has 1 saturated carbocycles. The third kappa shape index (κ3) is 8.36. The van der Waals surface area contributed by atoms with Gasteiger partial charge >= 0.3 is 0 Å². The highest BCUT2D eigenvalue weighted by atomic mass is 35.5. The number of hydrogen-bond donors (Lipinski definition) is 1. The maximum atomic E-state index is 13.5. The summed E-state index contributed by atoms with van der Waals surface area (Å²) in [6.45, 7) is 4.28. The zero-order valence-corrected chi connectivity index (χ0v) is 23.9. The highest BCUT2D eigenvalue weighted by Crippen LogP contribution is 2.30. The molecule has 1 atom stereocenters. The summed E-state index contributed by atoms with van der Waals surface area (Å²) < 4.78 is 32.2. The lowest BCUT2D eigenvalue weighted by molar-refractivity contribution is -0.141. The maximum Gasteiger partial charge on any atom is 0.242 e. The van der Waals surface area contributed by atoms with Crippen LogP contribution in [0.2, 0.25) is 5.02 Å². The van der Waals surface area contributed by atoms with Crippen molar-refractivity contribution in [2.24, 2.45) is 0 Å². The van der Waals surface area contributed by atoms with E-state index in [1.165, 1.54) is 4.31 Å². The van der Waals surface area contributed by atoms with E-state index in [0.717, 1.165) is 37.5 Å². The van der Waals surface area contributed by atoms with Crippen LogP contribution in [0.15, 0.2) is 48.5 Å². The lowest BCUT2D eigenvalue weighted by Gasteiger charge is -2.30. The summed E-state index contributed by atoms with van der Waals surface area (Å²) in [5.41, 5.74) is 1.25. The molecule has 208 valence electrons. The number of sulfonamides is 1. The Morgan fingerprint density at radius 1 is 1.13 bits per heavy atom. The molecule has 1 fully saturated rings. The average Bonchev–Trinajstić information content (AvgIpc) is 3.38. The first-order valence-corrected chi connectivity index (χ1v) is 15.4. The molecule has 10 heteroatoms. The highest BCUT2D eigenvalue weighted by Gasteiger charge is 2.29. The van der Waals surface area contributed by atoms with Crippen LogP contribution in [-0.4, -0.2) is 56.6 Å². The summed E-state index contributed by atoms with van der Waals surface area (Å²) >= 11 is 6.16. The number of carbonyl (C=O) groups is 2. The first-order valence-electron chi connectivity index (χ1n) is 13.1. The Bertz CT molecular complexity index is 1200. The molecular weight excluding hydrogens is 526 g/mol. The molecule has 2 aromatic rings. The second-order valence-electron chi connectivity index (χ2n) is 9.66. The van der Waals surface area contributed by atoms with Crippen molar-refractivity contribution in [1.82, 2.24) is 10.2 Å². The number of nitrogens with one attached hydrogen (secondary N) is 1. The van der Waals surface area contributed by atoms with E-state index in [0.29, 0.717) is 23.1 Å². The van der Waals surface area contributed by atoms with E-state index < -0.39 is 16.1 Å². The summed E-state index contributed by atoms with van der Waals surface area (Å²) in [4.78, 5) is 28.1. The standard InChI is InChI=1S/C28H38ClN3O5S/c1-4-37-26-16-8-7-15-25(26)32(38(3,35)36)18-10-17-27(33)31(20-22-11-9-12-23(29)19-22)21(2)28(34)30-24-13-5-6-14-24/h7-9,11-12,15-16,19,21,24H,4-6,10,13-14,17-18,20H2,1-3H3,(H,30,34). The van der Waals surface area contributed by atoms with Crippen LogP contribution < -0.4 is 14.4 Å². The Kier molecular flexibility index (Phi) is 10.8. The van der Waals surface area contributed by atoms with Crippen LogP contribution in [0.4, 0.5) is 5.69 Å². The Morgan fingerprint density at radius 2 is 1.84 bits per heavy atom. The van der Waals surface area contributed by atoms with Gasteiger partial charge in [0.1, 0.15) is 11.8 Å². The third-order valence-corrected chi connectivity index (χ3v) is 8.11. The van der Waals surface area contributed by atoms with E-state index in [1.807, 2.05) is 19.1 Å². The van der Waals surface area contributed by atoms with Gasteiger partial charge in [0.05, 0.1) is 18.6 Å². The first kappa shape index (κ1) is 29.8. The van der Waals surface area contributed by atoms with Crippen molar-refractivity contribution >= 4 is 39.1 Å². The Hall–Kier alpha value is -2.78. The van der Waals surface area contributed by atoms with Crippen LogP contribution >= 0.6 is 11.6 Å². The summed E-state index contributed by atoms with van der Waals surface area (Å²) in [5, 5.41) is 3.64. The number of nitrogens with zero attached hydrogens (tertiary/aromatic N) is 2. The average molecular weight is 564 g/mol. The maximum absolute atomic E-state index is 13.5. The van der Waals surface area contributed by atoms with Gasteiger partial charge in [-0.25, -0.2) is 8.42 Å². The number of hydrogen-bond acceptors (Lipinski definition) is 5. The van der Waals surface area contributed by atoms with Gasteiger partial charge in [-0.15, -0.1) is 0 Å². The van der Waals surface area contributed by atoms with E-state index in [1.54, 1.807) is 48.2 Å². The van der Waals surface area contributed by atoms with Crippen LogP contribution in [0.1, 0.15) is 57.9 Å². The molecule has 3 rings (SSSR count). The second kappa shape index (κ2) is 13.8. The van der Waals surface area contributed by atoms with Crippen molar-refractivity contribution in [1.29, 1.82) is 0 Å². The van der Waals surface area contributed by atoms with Gasteiger partial charge in [-0.05, 0) is 62.9 Å². The minimum absolute atomic E-state index is 0.0738. The zero-order valence-electron chi connectivity index (χ0n) is 22.4. The molecule has 2 amide bonds. The van der Waals surface area contributed by atoms with Gasteiger partial charge in [0.15, 0.2) is 0 Å². The second-order valence-corrected chi connectivity index (χ2v) is 12.0. The third-order valence-electron chi connectivity index (χ3n) is 6.70. The van der Waals surface area contributed by atoms with Crippen LogP contribution in [-0.2, 0) is 26.2 Å². The fourth-order valence-electron chi connectivity index (χ4n) is 4.73. The molecular formula is C28H38ClN3O5S. The van der Waals surface area contributed by atoms with E-state index in [2.05, 4.69) is 5.32 Å². The monoisotopic (exact) mass is 563 g/mol. The molecule has 8 nitrogen and oxygen atoms in total. The van der Waals surface area contributed by atoms with Crippen molar-refractivity contribution in [2.75, 3.05) is 23.7 Å². The summed E-state index contributed by atoms with van der Waals surface area (Å²) in [6.07, 6.45) is 5.57. The molecule has 1 unspecified atom stereocenters. The molecule has 1 aliphatic carbocycles. The molecule has 0 saturated heterocycles. The van der Waals surface area contributed by atoms with E-state index in [-0.39, 0.29) is 43.8 Å². The van der Waals surface area contributed by atoms with Gasteiger partial charge in [0.25, 0.3) is 0 Å². The van der Waals surface area contributed by atoms with Crippen LogP contribution in [0.5, 0.6) is 5.75 Å². The minimum Gasteiger partial charge on any atom is -0.492 e. The van der Waals surface area contributed by atoms with Crippen LogP contribution in [0, 0.1) is 0 Å². The molecule has 1 aliphatic rings. The van der Waals surface area contributed by atoms with Crippen molar-refractivity contribution in [2.45, 2.75) is 71.0 Å². The summed E-state index contributed by atoms with van der Waals surface area (Å²) in [5.74, 6) is 0.0489. The number of ether oxygens (including phenoxy) is 1. The number of benzene rings is 2. The van der Waals surface area contributed by atoms with Crippen LogP contribution in [0.3, 0.4) is 0 Å². The van der Waals surface area contributed by atoms with Gasteiger partial charge in [-0.2, -0.15) is 0 Å². The topological polar surface area (TPSA) is 96.0 Å². The van der Waals surface area contributed by atoms with Gasteiger partial charge in [-0.3, -0.25) is 13.9 Å². The highest BCUT2D eigenvalue weighted by molar-refractivity contribution is 7.92. The SMILES string of the molecule is CCOc1ccccc1N(CCCC(=O)N(Cc1cccc(Cl)c1)C(C)C(=O)NC1CCCC1)S(C)(=O)=O. The predicted octanol–water partition coefficient (Wildman–Crippen LogP) is 4.76. The molecule has 38 heavy (non-hydrogen) atoms. The van der Waals surface area contributed by atoms with Gasteiger partial charge in [-0.1, -0.05) is 48.7 Å². The molecule has 0 radical (unpaired) electrons. The lowest BCUT2D eigenvalue weighted by atomic mass is 10.1. The number of halogens is 1.